The molecule has 4 aromatic rings. The molecule has 4 amide bonds. The van der Waals surface area contributed by atoms with Crippen LogP contribution in [0.25, 0.3) is 10.8 Å². The van der Waals surface area contributed by atoms with E-state index < -0.39 is 24.1 Å². The number of fused-ring (bicyclic) bond motifs is 4. The number of rotatable bonds is 6. The zero-order valence-corrected chi connectivity index (χ0v) is 28.5. The average molecular weight is 679 g/mol. The van der Waals surface area contributed by atoms with Gasteiger partial charge >= 0.3 is 6.09 Å². The zero-order chi connectivity index (χ0) is 35.1. The van der Waals surface area contributed by atoms with Gasteiger partial charge in [0.2, 0.25) is 17.7 Å². The lowest BCUT2D eigenvalue weighted by Gasteiger charge is -2.24. The van der Waals surface area contributed by atoms with Gasteiger partial charge in [-0.05, 0) is 79.2 Å². The highest BCUT2D eigenvalue weighted by atomic mass is 16.5. The lowest BCUT2D eigenvalue weighted by atomic mass is 9.98. The number of ether oxygens (including phenoxy) is 2. The molecule has 0 saturated carbocycles. The fourth-order valence-electron chi connectivity index (χ4n) is 6.02. The largest absolute Gasteiger partial charge is 0.493 e. The molecule has 1 heterocycles. The monoisotopic (exact) mass is 678 g/mol. The number of hydrogen-bond donors (Lipinski definition) is 4. The first kappa shape index (κ1) is 35.9. The second kappa shape index (κ2) is 18.4. The third-order valence-electron chi connectivity index (χ3n) is 8.90. The maximum atomic E-state index is 13.8. The number of alkyl carbamates (subject to hydrolysis) is 1. The summed E-state index contributed by atoms with van der Waals surface area (Å²) >= 11 is 0. The van der Waals surface area contributed by atoms with Crippen LogP contribution in [0.1, 0.15) is 60.8 Å². The Morgan fingerprint density at radius 3 is 2.30 bits per heavy atom. The van der Waals surface area contributed by atoms with Crippen LogP contribution in [0.4, 0.5) is 4.79 Å². The molecular weight excluding hydrogens is 632 g/mol. The van der Waals surface area contributed by atoms with Gasteiger partial charge in [-0.15, -0.1) is 0 Å². The predicted octanol–water partition coefficient (Wildman–Crippen LogP) is 5.64. The molecule has 0 unspecified atom stereocenters. The van der Waals surface area contributed by atoms with Gasteiger partial charge < -0.3 is 30.7 Å². The van der Waals surface area contributed by atoms with Crippen molar-refractivity contribution in [3.8, 4) is 5.75 Å². The Morgan fingerprint density at radius 2 is 1.54 bits per heavy atom. The topological polar surface area (TPSA) is 135 Å². The molecule has 262 valence electrons. The van der Waals surface area contributed by atoms with Crippen LogP contribution in [0.2, 0.25) is 0 Å². The van der Waals surface area contributed by atoms with Gasteiger partial charge in [-0.25, -0.2) is 4.79 Å². The highest BCUT2D eigenvalue weighted by Crippen LogP contribution is 2.31. The molecule has 2 atom stereocenters. The summed E-state index contributed by atoms with van der Waals surface area (Å²) in [6.45, 7) is 3.29. The number of aryl methyl sites for hydroxylation is 2. The van der Waals surface area contributed by atoms with E-state index in [2.05, 4.69) is 21.3 Å². The smallest absolute Gasteiger partial charge is 0.408 e. The van der Waals surface area contributed by atoms with Crippen molar-refractivity contribution in [2.45, 2.75) is 77.1 Å². The molecule has 50 heavy (non-hydrogen) atoms. The highest BCUT2D eigenvalue weighted by Gasteiger charge is 2.27. The summed E-state index contributed by atoms with van der Waals surface area (Å²) in [6.07, 6.45) is 2.30. The van der Waals surface area contributed by atoms with Gasteiger partial charge in [-0.1, -0.05) is 84.9 Å². The predicted molar refractivity (Wildman–Crippen MR) is 192 cm³/mol. The number of carbonyl (C=O) groups is 4. The normalized spacial score (nSPS) is 18.1. The molecule has 10 heteroatoms. The van der Waals surface area contributed by atoms with E-state index in [4.69, 9.17) is 9.47 Å². The summed E-state index contributed by atoms with van der Waals surface area (Å²) in [7, 11) is 0. The minimum atomic E-state index is -1.02. The fraction of sp³-hybridized carbons (Fsp3) is 0.350. The molecule has 10 nitrogen and oxygen atoms in total. The van der Waals surface area contributed by atoms with E-state index in [9.17, 15) is 19.2 Å². The first-order chi connectivity index (χ1) is 24.4. The number of carbonyl (C=O) groups excluding carboxylic acids is 4. The molecule has 0 aliphatic carbocycles. The SMILES string of the molecule is Cc1c2cc(c3ccccc13)OCCCCNC(=O)CCC[C@H](NC(=O)OCc1ccccc1)C(=O)N[C@@H](CCc1ccccc1)C(=O)NC2. The Labute approximate surface area is 293 Å². The molecule has 5 rings (SSSR count). The summed E-state index contributed by atoms with van der Waals surface area (Å²) in [6, 6.07) is 27.0. The summed E-state index contributed by atoms with van der Waals surface area (Å²) in [5.74, 6) is -0.276. The molecule has 2 bridgehead atoms. The van der Waals surface area contributed by atoms with Crippen LogP contribution in [0.3, 0.4) is 0 Å². The lowest BCUT2D eigenvalue weighted by Crippen LogP contribution is -2.53. The van der Waals surface area contributed by atoms with Crippen molar-refractivity contribution in [2.75, 3.05) is 13.2 Å². The van der Waals surface area contributed by atoms with Crippen molar-refractivity contribution in [3.63, 3.8) is 0 Å². The minimum Gasteiger partial charge on any atom is -0.493 e. The Hall–Kier alpha value is -5.38. The number of nitrogens with one attached hydrogen (secondary N) is 4. The molecule has 4 aromatic carbocycles. The first-order valence-electron chi connectivity index (χ1n) is 17.4. The summed E-state index contributed by atoms with van der Waals surface area (Å²) in [4.78, 5) is 53.2. The lowest BCUT2D eigenvalue weighted by molar-refractivity contribution is -0.130. The van der Waals surface area contributed by atoms with Crippen LogP contribution in [0, 0.1) is 6.92 Å². The van der Waals surface area contributed by atoms with Gasteiger partial charge in [0.15, 0.2) is 0 Å². The van der Waals surface area contributed by atoms with Gasteiger partial charge in [0.1, 0.15) is 24.4 Å². The van der Waals surface area contributed by atoms with E-state index in [1.807, 2.05) is 97.9 Å². The van der Waals surface area contributed by atoms with Crippen LogP contribution in [-0.2, 0) is 38.7 Å². The Bertz CT molecular complexity index is 1750. The third-order valence-corrected chi connectivity index (χ3v) is 8.90. The van der Waals surface area contributed by atoms with Crippen molar-refractivity contribution >= 4 is 34.6 Å². The maximum Gasteiger partial charge on any atom is 0.408 e. The molecular formula is C40H46N4O6. The summed E-state index contributed by atoms with van der Waals surface area (Å²) < 4.78 is 11.6. The second-order valence-corrected chi connectivity index (χ2v) is 12.6. The Balaban J connectivity index is 1.37. The molecule has 0 saturated heterocycles. The van der Waals surface area contributed by atoms with Gasteiger partial charge in [-0.3, -0.25) is 14.4 Å². The van der Waals surface area contributed by atoms with Gasteiger partial charge in [0, 0.05) is 24.9 Å². The second-order valence-electron chi connectivity index (χ2n) is 12.6. The first-order valence-corrected chi connectivity index (χ1v) is 17.4. The van der Waals surface area contributed by atoms with Crippen molar-refractivity contribution in [1.82, 2.24) is 21.3 Å². The molecule has 4 N–H and O–H groups in total. The standard InChI is InChI=1S/C40H46N4O6/c1-28-31-25-36(33-18-9-8-17-32(28)33)49-24-11-10-23-41-37(45)20-12-19-34(44-40(48)50-27-30-15-6-3-7-16-30)39(47)43-35(38(46)42-26-31)22-21-29-13-4-2-5-14-29/h2-9,13-18,25,34-35H,10-12,19-24,26-27H2,1H3,(H,41,45)(H,42,46)(H,43,47)(H,44,48)/t34-,35-/m0/s1. The quantitative estimate of drug-likeness (QED) is 0.209. The molecule has 0 fully saturated rings. The number of hydrogen-bond acceptors (Lipinski definition) is 6. The molecule has 0 spiro atoms. The van der Waals surface area contributed by atoms with Crippen LogP contribution in [0.15, 0.2) is 91.0 Å². The van der Waals surface area contributed by atoms with E-state index >= 15 is 0 Å². The van der Waals surface area contributed by atoms with Crippen molar-refractivity contribution in [2.24, 2.45) is 0 Å². The van der Waals surface area contributed by atoms with E-state index in [0.29, 0.717) is 32.4 Å². The van der Waals surface area contributed by atoms with Gasteiger partial charge in [-0.2, -0.15) is 0 Å². The third kappa shape index (κ3) is 10.6. The molecule has 1 aliphatic heterocycles. The van der Waals surface area contributed by atoms with Gasteiger partial charge in [0.05, 0.1) is 6.61 Å². The Morgan fingerprint density at radius 1 is 0.840 bits per heavy atom. The summed E-state index contributed by atoms with van der Waals surface area (Å²) in [5.41, 5.74) is 3.76. The summed E-state index contributed by atoms with van der Waals surface area (Å²) in [5, 5.41) is 13.6. The van der Waals surface area contributed by atoms with E-state index in [1.165, 1.54) is 0 Å². The van der Waals surface area contributed by atoms with E-state index in [-0.39, 0.29) is 37.8 Å². The van der Waals surface area contributed by atoms with Gasteiger partial charge in [0.25, 0.3) is 0 Å². The van der Waals surface area contributed by atoms with Crippen molar-refractivity contribution in [1.29, 1.82) is 0 Å². The van der Waals surface area contributed by atoms with Crippen LogP contribution in [0.5, 0.6) is 5.75 Å². The Kier molecular flexibility index (Phi) is 13.2. The maximum absolute atomic E-state index is 13.8. The average Bonchev–Trinajstić information content (AvgIpc) is 3.14. The van der Waals surface area contributed by atoms with E-state index in [0.717, 1.165) is 51.6 Å². The van der Waals surface area contributed by atoms with Crippen molar-refractivity contribution in [3.05, 3.63) is 113 Å². The molecule has 0 radical (unpaired) electrons. The van der Waals surface area contributed by atoms with Crippen molar-refractivity contribution < 1.29 is 28.7 Å². The molecule has 1 aliphatic rings. The fourth-order valence-corrected chi connectivity index (χ4v) is 6.02. The van der Waals surface area contributed by atoms with Crippen LogP contribution >= 0.6 is 0 Å². The minimum absolute atomic E-state index is 0.0342. The number of amides is 4. The number of benzene rings is 4. The molecule has 0 aromatic heterocycles. The van der Waals surface area contributed by atoms with Crippen LogP contribution in [-0.4, -0.2) is 49.1 Å². The zero-order valence-electron chi connectivity index (χ0n) is 28.5. The van der Waals surface area contributed by atoms with E-state index in [1.54, 1.807) is 0 Å². The van der Waals surface area contributed by atoms with Crippen LogP contribution < -0.4 is 26.0 Å². The highest BCUT2D eigenvalue weighted by molar-refractivity contribution is 5.93.